The lowest BCUT2D eigenvalue weighted by molar-refractivity contribution is -0.136. The number of hydrogen-bond acceptors (Lipinski definition) is 6. The third-order valence-electron chi connectivity index (χ3n) is 4.29. The quantitative estimate of drug-likeness (QED) is 0.269. The van der Waals surface area contributed by atoms with Crippen LogP contribution >= 0.6 is 0 Å². The molecule has 0 spiro atoms. The number of carbonyl (C=O) groups excluding carboxylic acids is 3. The van der Waals surface area contributed by atoms with Crippen molar-refractivity contribution in [2.45, 2.75) is 0 Å². The Morgan fingerprint density at radius 2 is 1.62 bits per heavy atom. The SMILES string of the molecule is COc1cccc(NC(=O)C(=O)N/N=C\c2ccc(OCC(=O)Nc3ccc(F)cc3)cc2)c1. The minimum atomic E-state index is -0.939. The lowest BCUT2D eigenvalue weighted by Gasteiger charge is -2.08. The van der Waals surface area contributed by atoms with Gasteiger partial charge in [0.05, 0.1) is 13.3 Å². The molecule has 34 heavy (non-hydrogen) atoms. The van der Waals surface area contributed by atoms with Crippen LogP contribution in [0.25, 0.3) is 0 Å². The molecule has 0 atom stereocenters. The molecule has 0 bridgehead atoms. The molecule has 0 fully saturated rings. The summed E-state index contributed by atoms with van der Waals surface area (Å²) in [6, 6.07) is 18.5. The first kappa shape index (κ1) is 23.9. The summed E-state index contributed by atoms with van der Waals surface area (Å²) < 4.78 is 23.4. The van der Waals surface area contributed by atoms with E-state index in [9.17, 15) is 18.8 Å². The van der Waals surface area contributed by atoms with Gasteiger partial charge in [0, 0.05) is 17.4 Å². The highest BCUT2D eigenvalue weighted by Crippen LogP contribution is 2.16. The Hall–Kier alpha value is -4.73. The third-order valence-corrected chi connectivity index (χ3v) is 4.29. The van der Waals surface area contributed by atoms with Gasteiger partial charge in [-0.1, -0.05) is 6.07 Å². The summed E-state index contributed by atoms with van der Waals surface area (Å²) in [4.78, 5) is 35.8. The summed E-state index contributed by atoms with van der Waals surface area (Å²) in [7, 11) is 1.49. The Morgan fingerprint density at radius 1 is 0.882 bits per heavy atom. The minimum absolute atomic E-state index is 0.233. The van der Waals surface area contributed by atoms with Gasteiger partial charge < -0.3 is 20.1 Å². The van der Waals surface area contributed by atoms with Crippen molar-refractivity contribution in [2.24, 2.45) is 5.10 Å². The van der Waals surface area contributed by atoms with Crippen LogP contribution in [-0.4, -0.2) is 37.7 Å². The number of anilines is 2. The van der Waals surface area contributed by atoms with Crippen LogP contribution in [0.4, 0.5) is 15.8 Å². The van der Waals surface area contributed by atoms with Crippen LogP contribution in [0.1, 0.15) is 5.56 Å². The van der Waals surface area contributed by atoms with Crippen LogP contribution in [0.2, 0.25) is 0 Å². The summed E-state index contributed by atoms with van der Waals surface area (Å²) in [5.74, 6) is -1.63. The van der Waals surface area contributed by atoms with E-state index in [0.29, 0.717) is 28.4 Å². The molecule has 174 valence electrons. The highest BCUT2D eigenvalue weighted by atomic mass is 19.1. The van der Waals surface area contributed by atoms with Crippen LogP contribution in [0.15, 0.2) is 77.9 Å². The van der Waals surface area contributed by atoms with E-state index in [1.54, 1.807) is 48.5 Å². The number of benzene rings is 3. The molecule has 0 unspecified atom stereocenters. The zero-order valence-electron chi connectivity index (χ0n) is 18.1. The number of amides is 3. The number of carbonyl (C=O) groups is 3. The number of nitrogens with zero attached hydrogens (tertiary/aromatic N) is 1. The maximum Gasteiger partial charge on any atom is 0.329 e. The topological polar surface area (TPSA) is 118 Å². The molecule has 0 aromatic heterocycles. The summed E-state index contributed by atoms with van der Waals surface area (Å²) in [6.07, 6.45) is 1.35. The van der Waals surface area contributed by atoms with Gasteiger partial charge in [-0.05, 0) is 66.2 Å². The first-order valence-corrected chi connectivity index (χ1v) is 9.99. The van der Waals surface area contributed by atoms with Gasteiger partial charge in [0.1, 0.15) is 17.3 Å². The smallest absolute Gasteiger partial charge is 0.329 e. The fourth-order valence-electron chi connectivity index (χ4n) is 2.63. The number of hydrogen-bond donors (Lipinski definition) is 3. The van der Waals surface area contributed by atoms with Gasteiger partial charge in [0.25, 0.3) is 5.91 Å². The number of rotatable bonds is 8. The van der Waals surface area contributed by atoms with Gasteiger partial charge in [0.2, 0.25) is 0 Å². The molecule has 0 aliphatic heterocycles. The van der Waals surface area contributed by atoms with Gasteiger partial charge in [-0.15, -0.1) is 0 Å². The molecule has 0 saturated heterocycles. The van der Waals surface area contributed by atoms with E-state index in [-0.39, 0.29) is 6.61 Å². The van der Waals surface area contributed by atoms with Gasteiger partial charge in [-0.3, -0.25) is 14.4 Å². The second kappa shape index (κ2) is 11.8. The lowest BCUT2D eigenvalue weighted by atomic mass is 10.2. The van der Waals surface area contributed by atoms with Crippen LogP contribution < -0.4 is 25.5 Å². The summed E-state index contributed by atoms with van der Waals surface area (Å²) in [6.45, 7) is -0.233. The van der Waals surface area contributed by atoms with Crippen molar-refractivity contribution in [3.63, 3.8) is 0 Å². The molecule has 9 nitrogen and oxygen atoms in total. The van der Waals surface area contributed by atoms with Gasteiger partial charge in [-0.25, -0.2) is 9.82 Å². The second-order valence-corrected chi connectivity index (χ2v) is 6.80. The van der Waals surface area contributed by atoms with E-state index >= 15 is 0 Å². The van der Waals surface area contributed by atoms with Crippen molar-refractivity contribution in [3.05, 3.63) is 84.2 Å². The lowest BCUT2D eigenvalue weighted by Crippen LogP contribution is -2.32. The van der Waals surface area contributed by atoms with E-state index in [1.165, 1.54) is 37.6 Å². The maximum absolute atomic E-state index is 12.9. The molecule has 3 N–H and O–H groups in total. The summed E-state index contributed by atoms with van der Waals surface area (Å²) in [5.41, 5.74) is 3.63. The zero-order valence-corrected chi connectivity index (χ0v) is 18.1. The van der Waals surface area contributed by atoms with Gasteiger partial charge >= 0.3 is 11.8 Å². The number of hydrazone groups is 1. The Balaban J connectivity index is 1.43. The fourth-order valence-corrected chi connectivity index (χ4v) is 2.63. The molecule has 0 aliphatic rings. The van der Waals surface area contributed by atoms with Gasteiger partial charge in [-0.2, -0.15) is 5.10 Å². The Bertz CT molecular complexity index is 1180. The van der Waals surface area contributed by atoms with E-state index in [0.717, 1.165) is 0 Å². The molecule has 3 amide bonds. The van der Waals surface area contributed by atoms with E-state index < -0.39 is 23.5 Å². The van der Waals surface area contributed by atoms with Crippen molar-refractivity contribution >= 4 is 35.3 Å². The summed E-state index contributed by atoms with van der Waals surface area (Å²) in [5, 5.41) is 8.78. The Kier molecular flexibility index (Phi) is 8.28. The Morgan fingerprint density at radius 3 is 2.32 bits per heavy atom. The normalized spacial score (nSPS) is 10.4. The standard InChI is InChI=1S/C24H21FN4O5/c1-33-21-4-2-3-19(13-21)28-23(31)24(32)29-26-14-16-5-11-20(12-6-16)34-15-22(30)27-18-9-7-17(25)8-10-18/h2-14H,15H2,1H3,(H,27,30)(H,28,31)(H,29,32)/b26-14-. The van der Waals surface area contributed by atoms with Crippen LogP contribution in [0, 0.1) is 5.82 Å². The summed E-state index contributed by atoms with van der Waals surface area (Å²) >= 11 is 0. The molecule has 3 rings (SSSR count). The van der Waals surface area contributed by atoms with Crippen LogP contribution in [0.3, 0.4) is 0 Å². The predicted molar refractivity (Wildman–Crippen MR) is 124 cm³/mol. The highest BCUT2D eigenvalue weighted by molar-refractivity contribution is 6.39. The molecule has 3 aromatic rings. The minimum Gasteiger partial charge on any atom is -0.497 e. The molecule has 0 heterocycles. The molecular weight excluding hydrogens is 443 g/mol. The van der Waals surface area contributed by atoms with Crippen molar-refractivity contribution in [2.75, 3.05) is 24.4 Å². The predicted octanol–water partition coefficient (Wildman–Crippen LogP) is 2.94. The van der Waals surface area contributed by atoms with E-state index in [1.807, 2.05) is 0 Å². The second-order valence-electron chi connectivity index (χ2n) is 6.80. The zero-order chi connectivity index (χ0) is 24.3. The van der Waals surface area contributed by atoms with Gasteiger partial charge in [0.15, 0.2) is 6.61 Å². The number of methoxy groups -OCH3 is 1. The number of halogens is 1. The maximum atomic E-state index is 12.9. The van der Waals surface area contributed by atoms with E-state index in [2.05, 4.69) is 21.2 Å². The number of nitrogens with one attached hydrogen (secondary N) is 3. The largest absolute Gasteiger partial charge is 0.497 e. The third kappa shape index (κ3) is 7.45. The first-order chi connectivity index (χ1) is 16.4. The Labute approximate surface area is 194 Å². The highest BCUT2D eigenvalue weighted by Gasteiger charge is 2.13. The van der Waals surface area contributed by atoms with E-state index in [4.69, 9.17) is 9.47 Å². The molecular formula is C24H21FN4O5. The monoisotopic (exact) mass is 464 g/mol. The van der Waals surface area contributed by atoms with Crippen molar-refractivity contribution in [1.82, 2.24) is 5.43 Å². The first-order valence-electron chi connectivity index (χ1n) is 9.99. The van der Waals surface area contributed by atoms with Crippen molar-refractivity contribution in [1.29, 1.82) is 0 Å². The molecule has 0 radical (unpaired) electrons. The average molecular weight is 464 g/mol. The molecule has 0 aliphatic carbocycles. The van der Waals surface area contributed by atoms with Crippen LogP contribution in [0.5, 0.6) is 11.5 Å². The number of ether oxygens (including phenoxy) is 2. The molecule has 10 heteroatoms. The van der Waals surface area contributed by atoms with Crippen LogP contribution in [-0.2, 0) is 14.4 Å². The molecule has 3 aromatic carbocycles. The molecule has 0 saturated carbocycles. The fraction of sp³-hybridized carbons (Fsp3) is 0.0833. The van der Waals surface area contributed by atoms with Crippen molar-refractivity contribution < 1.29 is 28.2 Å². The van der Waals surface area contributed by atoms with Crippen molar-refractivity contribution in [3.8, 4) is 11.5 Å². The average Bonchev–Trinajstić information content (AvgIpc) is 2.85.